The molecule has 0 spiro atoms. The molecule has 1 heterocycles. The van der Waals surface area contributed by atoms with E-state index in [1.807, 2.05) is 19.1 Å². The molecule has 1 aliphatic rings. The van der Waals surface area contributed by atoms with Crippen LogP contribution in [0.25, 0.3) is 0 Å². The van der Waals surface area contributed by atoms with E-state index in [9.17, 15) is 9.59 Å². The highest BCUT2D eigenvalue weighted by molar-refractivity contribution is 6.05. The molecule has 4 nitrogen and oxygen atoms in total. The summed E-state index contributed by atoms with van der Waals surface area (Å²) >= 11 is 0. The van der Waals surface area contributed by atoms with Gasteiger partial charge in [0.05, 0.1) is 18.2 Å². The number of ether oxygens (including phenoxy) is 1. The molecule has 1 aromatic rings. The van der Waals surface area contributed by atoms with Crippen molar-refractivity contribution in [2.75, 3.05) is 6.61 Å². The van der Waals surface area contributed by atoms with E-state index in [1.165, 1.54) is 6.08 Å². The van der Waals surface area contributed by atoms with E-state index < -0.39 is 6.04 Å². The van der Waals surface area contributed by atoms with Crippen LogP contribution in [0.5, 0.6) is 5.75 Å². The number of fused-ring (bicyclic) bond motifs is 1. The molecule has 1 aromatic carbocycles. The number of benzene rings is 1. The number of hydrogen-bond acceptors (Lipinski definition) is 3. The maximum absolute atomic E-state index is 12.4. The van der Waals surface area contributed by atoms with Gasteiger partial charge in [-0.25, -0.2) is 0 Å². The van der Waals surface area contributed by atoms with Crippen molar-refractivity contribution in [1.29, 1.82) is 0 Å². The summed E-state index contributed by atoms with van der Waals surface area (Å²) in [6.45, 7) is 2.28. The van der Waals surface area contributed by atoms with Crippen LogP contribution in [-0.4, -0.2) is 24.3 Å². The van der Waals surface area contributed by atoms with Crippen molar-refractivity contribution in [3.8, 4) is 5.75 Å². The van der Waals surface area contributed by atoms with Gasteiger partial charge in [-0.05, 0) is 19.1 Å². The van der Waals surface area contributed by atoms with E-state index >= 15 is 0 Å². The van der Waals surface area contributed by atoms with E-state index in [4.69, 9.17) is 4.74 Å². The number of amides is 1. The number of allylic oxidation sites excluding steroid dienone is 3. The number of ketones is 1. The third-order valence-electron chi connectivity index (χ3n) is 3.00. The van der Waals surface area contributed by atoms with Gasteiger partial charge in [0.2, 0.25) is 5.91 Å². The second-order valence-electron chi connectivity index (χ2n) is 4.44. The quantitative estimate of drug-likeness (QED) is 0.677. The Kier molecular flexibility index (Phi) is 4.71. The number of carbonyl (C=O) groups is 2. The number of nitrogens with one attached hydrogen (secondary N) is 1. The second-order valence-corrected chi connectivity index (χ2v) is 4.44. The SMILES string of the molecule is C/C=C/C=C/C(=O)NC1CCOc2ccccc2C1=O. The van der Waals surface area contributed by atoms with Gasteiger partial charge in [0.15, 0.2) is 5.78 Å². The highest BCUT2D eigenvalue weighted by Gasteiger charge is 2.26. The molecule has 0 fully saturated rings. The van der Waals surface area contributed by atoms with Crippen LogP contribution in [0.2, 0.25) is 0 Å². The Bertz CT molecular complexity index is 561. The highest BCUT2D eigenvalue weighted by atomic mass is 16.5. The first kappa shape index (κ1) is 14.1. The van der Waals surface area contributed by atoms with Gasteiger partial charge in [-0.2, -0.15) is 0 Å². The molecule has 0 bridgehead atoms. The van der Waals surface area contributed by atoms with Gasteiger partial charge >= 0.3 is 0 Å². The minimum Gasteiger partial charge on any atom is -0.493 e. The molecule has 104 valence electrons. The average molecular weight is 271 g/mol. The van der Waals surface area contributed by atoms with Gasteiger partial charge in [0.25, 0.3) is 0 Å². The van der Waals surface area contributed by atoms with Crippen LogP contribution in [0, 0.1) is 0 Å². The molecule has 2 rings (SSSR count). The van der Waals surface area contributed by atoms with Crippen LogP contribution in [0.15, 0.2) is 48.6 Å². The zero-order valence-corrected chi connectivity index (χ0v) is 11.3. The number of para-hydroxylation sites is 1. The lowest BCUT2D eigenvalue weighted by Gasteiger charge is -2.13. The van der Waals surface area contributed by atoms with Crippen molar-refractivity contribution >= 4 is 11.7 Å². The van der Waals surface area contributed by atoms with Crippen molar-refractivity contribution in [3.63, 3.8) is 0 Å². The molecule has 20 heavy (non-hydrogen) atoms. The normalized spacial score (nSPS) is 18.6. The lowest BCUT2D eigenvalue weighted by molar-refractivity contribution is -0.117. The van der Waals surface area contributed by atoms with Crippen LogP contribution >= 0.6 is 0 Å². The third-order valence-corrected chi connectivity index (χ3v) is 3.00. The molecule has 0 aliphatic carbocycles. The van der Waals surface area contributed by atoms with Crippen molar-refractivity contribution < 1.29 is 14.3 Å². The van der Waals surface area contributed by atoms with Gasteiger partial charge in [0.1, 0.15) is 5.75 Å². The van der Waals surface area contributed by atoms with Crippen LogP contribution in [0.1, 0.15) is 23.7 Å². The van der Waals surface area contributed by atoms with Crippen molar-refractivity contribution in [2.45, 2.75) is 19.4 Å². The van der Waals surface area contributed by atoms with Crippen LogP contribution in [-0.2, 0) is 4.79 Å². The van der Waals surface area contributed by atoms with Crippen LogP contribution in [0.3, 0.4) is 0 Å². The molecular weight excluding hydrogens is 254 g/mol. The Morgan fingerprint density at radius 1 is 1.35 bits per heavy atom. The van der Waals surface area contributed by atoms with Gasteiger partial charge in [0, 0.05) is 12.5 Å². The number of Topliss-reactive ketones (excluding diaryl/α,β-unsaturated/α-hetero) is 1. The van der Waals surface area contributed by atoms with E-state index in [-0.39, 0.29) is 11.7 Å². The standard InChI is InChI=1S/C16H17NO3/c1-2-3-4-9-15(18)17-13-10-11-20-14-8-6-5-7-12(14)16(13)19/h2-9,13H,10-11H2,1H3,(H,17,18)/b3-2+,9-4+. The zero-order chi connectivity index (χ0) is 14.4. The van der Waals surface area contributed by atoms with Gasteiger partial charge in [-0.1, -0.05) is 30.4 Å². The summed E-state index contributed by atoms with van der Waals surface area (Å²) in [5, 5.41) is 2.72. The number of hydrogen-bond donors (Lipinski definition) is 1. The molecule has 0 aromatic heterocycles. The summed E-state index contributed by atoms with van der Waals surface area (Å²) in [4.78, 5) is 24.1. The highest BCUT2D eigenvalue weighted by Crippen LogP contribution is 2.23. The zero-order valence-electron chi connectivity index (χ0n) is 11.3. The molecule has 0 radical (unpaired) electrons. The van der Waals surface area contributed by atoms with E-state index in [0.29, 0.717) is 24.3 Å². The second kappa shape index (κ2) is 6.70. The topological polar surface area (TPSA) is 55.4 Å². The van der Waals surface area contributed by atoms with Crippen molar-refractivity contribution in [2.24, 2.45) is 0 Å². The van der Waals surface area contributed by atoms with Gasteiger partial charge in [-0.3, -0.25) is 9.59 Å². The first-order valence-corrected chi connectivity index (χ1v) is 6.58. The fourth-order valence-electron chi connectivity index (χ4n) is 2.01. The summed E-state index contributed by atoms with van der Waals surface area (Å²) < 4.78 is 5.53. The molecule has 1 amide bonds. The molecule has 1 atom stereocenters. The minimum absolute atomic E-state index is 0.106. The molecule has 1 aliphatic heterocycles. The number of rotatable bonds is 3. The van der Waals surface area contributed by atoms with Crippen LogP contribution in [0.4, 0.5) is 0 Å². The predicted molar refractivity (Wildman–Crippen MR) is 76.8 cm³/mol. The molecule has 4 heteroatoms. The maximum atomic E-state index is 12.4. The summed E-state index contributed by atoms with van der Waals surface area (Å²) in [7, 11) is 0. The smallest absolute Gasteiger partial charge is 0.244 e. The lowest BCUT2D eigenvalue weighted by Crippen LogP contribution is -2.40. The summed E-state index contributed by atoms with van der Waals surface area (Å²) in [6.07, 6.45) is 7.10. The minimum atomic E-state index is -0.540. The monoisotopic (exact) mass is 271 g/mol. The Morgan fingerprint density at radius 2 is 2.15 bits per heavy atom. The van der Waals surface area contributed by atoms with Gasteiger partial charge in [-0.15, -0.1) is 0 Å². The third kappa shape index (κ3) is 3.35. The number of carbonyl (C=O) groups excluding carboxylic acids is 2. The van der Waals surface area contributed by atoms with Gasteiger partial charge < -0.3 is 10.1 Å². The van der Waals surface area contributed by atoms with E-state index in [2.05, 4.69) is 5.32 Å². The average Bonchev–Trinajstić information content (AvgIpc) is 2.60. The van der Waals surface area contributed by atoms with E-state index in [1.54, 1.807) is 30.4 Å². The fourth-order valence-corrected chi connectivity index (χ4v) is 2.01. The largest absolute Gasteiger partial charge is 0.493 e. The molecule has 0 saturated carbocycles. The molecule has 1 unspecified atom stereocenters. The molecule has 0 saturated heterocycles. The molecular formula is C16H17NO3. The summed E-state index contributed by atoms with van der Waals surface area (Å²) in [5.41, 5.74) is 0.521. The first-order chi connectivity index (χ1) is 9.72. The Morgan fingerprint density at radius 3 is 2.95 bits per heavy atom. The lowest BCUT2D eigenvalue weighted by atomic mass is 10.0. The Balaban J connectivity index is 2.10. The summed E-state index contributed by atoms with van der Waals surface area (Å²) in [6, 6.07) is 6.56. The molecule has 1 N–H and O–H groups in total. The van der Waals surface area contributed by atoms with Crippen LogP contribution < -0.4 is 10.1 Å². The van der Waals surface area contributed by atoms with Crippen molar-refractivity contribution in [1.82, 2.24) is 5.32 Å². The Labute approximate surface area is 118 Å². The first-order valence-electron chi connectivity index (χ1n) is 6.58. The van der Waals surface area contributed by atoms with Crippen molar-refractivity contribution in [3.05, 3.63) is 54.1 Å². The Hall–Kier alpha value is -2.36. The fraction of sp³-hybridized carbons (Fsp3) is 0.250. The predicted octanol–water partition coefficient (Wildman–Crippen LogP) is 2.27. The maximum Gasteiger partial charge on any atom is 0.244 e. The summed E-state index contributed by atoms with van der Waals surface area (Å²) in [5.74, 6) is 0.199. The van der Waals surface area contributed by atoms with E-state index in [0.717, 1.165) is 0 Å².